The number of nitriles is 1. The van der Waals surface area contributed by atoms with Gasteiger partial charge in [0.1, 0.15) is 16.6 Å². The third kappa shape index (κ3) is 3.86. The van der Waals surface area contributed by atoms with E-state index in [1.807, 2.05) is 30.3 Å². The number of anilines is 1. The van der Waals surface area contributed by atoms with Crippen LogP contribution in [0.4, 0.5) is 5.13 Å². The van der Waals surface area contributed by atoms with Crippen LogP contribution in [0, 0.1) is 23.2 Å². The smallest absolute Gasteiger partial charge is 0.306 e. The number of hydrogen-bond acceptors (Lipinski definition) is 5. The first-order valence-electron chi connectivity index (χ1n) is 8.08. The fraction of sp³-hybridized carbons (Fsp3) is 0.333. The van der Waals surface area contributed by atoms with Crippen LogP contribution in [0.3, 0.4) is 0 Å². The van der Waals surface area contributed by atoms with E-state index in [4.69, 9.17) is 5.11 Å². The van der Waals surface area contributed by atoms with Crippen molar-refractivity contribution >= 4 is 28.3 Å². The zero-order chi connectivity index (χ0) is 17.8. The third-order valence-electron chi connectivity index (χ3n) is 4.40. The third-order valence-corrected chi connectivity index (χ3v) is 5.28. The molecule has 1 aliphatic carbocycles. The Morgan fingerprint density at radius 2 is 1.96 bits per heavy atom. The van der Waals surface area contributed by atoms with Gasteiger partial charge >= 0.3 is 5.97 Å². The van der Waals surface area contributed by atoms with Crippen LogP contribution in [0.15, 0.2) is 30.3 Å². The molecule has 1 fully saturated rings. The largest absolute Gasteiger partial charge is 0.481 e. The van der Waals surface area contributed by atoms with Gasteiger partial charge in [0, 0.05) is 11.5 Å². The van der Waals surface area contributed by atoms with Gasteiger partial charge in [0.15, 0.2) is 5.13 Å². The van der Waals surface area contributed by atoms with Crippen molar-refractivity contribution in [3.63, 3.8) is 0 Å². The van der Waals surface area contributed by atoms with Crippen LogP contribution in [0.5, 0.6) is 0 Å². The van der Waals surface area contributed by atoms with Gasteiger partial charge in [0.2, 0.25) is 5.91 Å². The van der Waals surface area contributed by atoms with E-state index in [1.54, 1.807) is 0 Å². The number of carboxylic acid groups (broad SMARTS) is 1. The molecule has 1 heterocycles. The highest BCUT2D eigenvalue weighted by Gasteiger charge is 2.31. The van der Waals surface area contributed by atoms with Gasteiger partial charge in [-0.1, -0.05) is 48.1 Å². The molecule has 1 aliphatic rings. The molecule has 0 unspecified atom stereocenters. The van der Waals surface area contributed by atoms with E-state index in [9.17, 15) is 14.9 Å². The first-order chi connectivity index (χ1) is 12.1. The van der Waals surface area contributed by atoms with Crippen molar-refractivity contribution in [1.82, 2.24) is 4.98 Å². The van der Waals surface area contributed by atoms with Gasteiger partial charge in [-0.15, -0.1) is 0 Å². The number of hydrogen-bond donors (Lipinski definition) is 2. The van der Waals surface area contributed by atoms with Crippen LogP contribution in [-0.4, -0.2) is 22.0 Å². The highest BCUT2D eigenvalue weighted by Crippen LogP contribution is 2.33. The first kappa shape index (κ1) is 17.1. The van der Waals surface area contributed by atoms with Gasteiger partial charge in [-0.3, -0.25) is 9.59 Å². The molecule has 2 atom stereocenters. The quantitative estimate of drug-likeness (QED) is 0.873. The number of carbonyl (C=O) groups excluding carboxylic acids is 1. The lowest BCUT2D eigenvalue weighted by atomic mass is 9.81. The van der Waals surface area contributed by atoms with Gasteiger partial charge in [0.05, 0.1) is 5.92 Å². The molecule has 128 valence electrons. The number of aliphatic carboxylic acids is 1. The van der Waals surface area contributed by atoms with Crippen LogP contribution in [0.25, 0.3) is 11.3 Å². The number of thiazole rings is 1. The second kappa shape index (κ2) is 7.45. The summed E-state index contributed by atoms with van der Waals surface area (Å²) >= 11 is 1.13. The molecule has 1 amide bonds. The van der Waals surface area contributed by atoms with Gasteiger partial charge in [0.25, 0.3) is 0 Å². The van der Waals surface area contributed by atoms with Crippen molar-refractivity contribution < 1.29 is 14.7 Å². The van der Waals surface area contributed by atoms with Crippen LogP contribution in [0.1, 0.15) is 30.6 Å². The average Bonchev–Trinajstić information content (AvgIpc) is 3.05. The molecular formula is C18H17N3O3S. The number of nitrogens with zero attached hydrogens (tertiary/aromatic N) is 2. The van der Waals surface area contributed by atoms with E-state index in [-0.39, 0.29) is 11.8 Å². The van der Waals surface area contributed by atoms with Crippen molar-refractivity contribution in [3.05, 3.63) is 35.2 Å². The predicted octanol–water partition coefficient (Wildman–Crippen LogP) is 3.51. The Balaban J connectivity index is 1.75. The van der Waals surface area contributed by atoms with E-state index in [2.05, 4.69) is 16.4 Å². The Labute approximate surface area is 149 Å². The van der Waals surface area contributed by atoms with Gasteiger partial charge in [-0.2, -0.15) is 5.26 Å². The minimum Gasteiger partial charge on any atom is -0.481 e. The summed E-state index contributed by atoms with van der Waals surface area (Å²) in [5, 5.41) is 21.6. The summed E-state index contributed by atoms with van der Waals surface area (Å²) in [6.45, 7) is 0. The topological polar surface area (TPSA) is 103 Å². The van der Waals surface area contributed by atoms with Crippen molar-refractivity contribution in [2.24, 2.45) is 11.8 Å². The standard InChI is InChI=1S/C18H17N3O3S/c19-10-14-15(11-5-2-1-3-6-11)20-18(25-14)21-16(22)12-7-4-8-13(9-12)17(23)24/h1-3,5-6,12-13H,4,7-9H2,(H,23,24)(H,20,21,22)/t12-,13+/m0/s1. The number of nitrogens with one attached hydrogen (secondary N) is 1. The summed E-state index contributed by atoms with van der Waals surface area (Å²) in [6, 6.07) is 11.4. The summed E-state index contributed by atoms with van der Waals surface area (Å²) in [5.41, 5.74) is 1.37. The monoisotopic (exact) mass is 355 g/mol. The van der Waals surface area contributed by atoms with E-state index in [0.29, 0.717) is 35.0 Å². The Hall–Kier alpha value is -2.72. The molecule has 3 rings (SSSR count). The van der Waals surface area contributed by atoms with Gasteiger partial charge in [-0.25, -0.2) is 4.98 Å². The molecule has 1 aromatic heterocycles. The van der Waals surface area contributed by atoms with Gasteiger partial charge < -0.3 is 10.4 Å². The SMILES string of the molecule is N#Cc1sc(NC(=O)[C@H]2CCC[C@@H](C(=O)O)C2)nc1-c1ccccc1. The molecular weight excluding hydrogens is 338 g/mol. The summed E-state index contributed by atoms with van der Waals surface area (Å²) in [4.78, 5) is 28.4. The molecule has 1 aromatic carbocycles. The van der Waals surface area contributed by atoms with Crippen molar-refractivity contribution in [2.45, 2.75) is 25.7 Å². The highest BCUT2D eigenvalue weighted by atomic mass is 32.1. The molecule has 0 radical (unpaired) electrons. The van der Waals surface area contributed by atoms with Crippen molar-refractivity contribution in [2.75, 3.05) is 5.32 Å². The molecule has 2 N–H and O–H groups in total. The molecule has 25 heavy (non-hydrogen) atoms. The van der Waals surface area contributed by atoms with Crippen molar-refractivity contribution in [1.29, 1.82) is 5.26 Å². The fourth-order valence-corrected chi connectivity index (χ4v) is 3.89. The zero-order valence-corrected chi connectivity index (χ0v) is 14.3. The normalized spacial score (nSPS) is 19.8. The Morgan fingerprint density at radius 1 is 1.24 bits per heavy atom. The number of benzene rings is 1. The van der Waals surface area contributed by atoms with Gasteiger partial charge in [-0.05, 0) is 19.3 Å². The number of carboxylic acids is 1. The minimum absolute atomic E-state index is 0.219. The van der Waals surface area contributed by atoms with Crippen molar-refractivity contribution in [3.8, 4) is 17.3 Å². The molecule has 1 saturated carbocycles. The second-order valence-corrected chi connectivity index (χ2v) is 7.06. The van der Waals surface area contributed by atoms with E-state index in [0.717, 1.165) is 23.3 Å². The molecule has 0 saturated heterocycles. The van der Waals surface area contributed by atoms with E-state index in [1.165, 1.54) is 0 Å². The summed E-state index contributed by atoms with van der Waals surface area (Å²) < 4.78 is 0. The number of rotatable bonds is 4. The lowest BCUT2D eigenvalue weighted by Crippen LogP contribution is -2.30. The van der Waals surface area contributed by atoms with Crippen LogP contribution in [0.2, 0.25) is 0 Å². The maximum absolute atomic E-state index is 12.5. The summed E-state index contributed by atoms with van der Waals surface area (Å²) in [6.07, 6.45) is 2.37. The first-order valence-corrected chi connectivity index (χ1v) is 8.90. The Morgan fingerprint density at radius 3 is 2.64 bits per heavy atom. The molecule has 7 heteroatoms. The Bertz CT molecular complexity index is 826. The molecule has 2 aromatic rings. The average molecular weight is 355 g/mol. The predicted molar refractivity (Wildman–Crippen MR) is 94.0 cm³/mol. The number of carbonyl (C=O) groups is 2. The zero-order valence-electron chi connectivity index (χ0n) is 13.4. The summed E-state index contributed by atoms with van der Waals surface area (Å²) in [7, 11) is 0. The maximum Gasteiger partial charge on any atom is 0.306 e. The molecule has 0 aliphatic heterocycles. The van der Waals surface area contributed by atoms with E-state index >= 15 is 0 Å². The highest BCUT2D eigenvalue weighted by molar-refractivity contribution is 7.16. The lowest BCUT2D eigenvalue weighted by Gasteiger charge is -2.25. The van der Waals surface area contributed by atoms with Crippen LogP contribution in [-0.2, 0) is 9.59 Å². The second-order valence-electron chi connectivity index (χ2n) is 6.06. The Kier molecular flexibility index (Phi) is 5.10. The van der Waals surface area contributed by atoms with Crippen LogP contribution < -0.4 is 5.32 Å². The summed E-state index contributed by atoms with van der Waals surface area (Å²) in [5.74, 6) is -1.85. The lowest BCUT2D eigenvalue weighted by molar-refractivity contribution is -0.143. The number of amides is 1. The van der Waals surface area contributed by atoms with Crippen LogP contribution >= 0.6 is 11.3 Å². The number of aromatic nitrogens is 1. The molecule has 0 spiro atoms. The van der Waals surface area contributed by atoms with E-state index < -0.39 is 11.9 Å². The minimum atomic E-state index is -0.843. The molecule has 6 nitrogen and oxygen atoms in total. The maximum atomic E-state index is 12.5. The fourth-order valence-electron chi connectivity index (χ4n) is 3.10. The molecule has 0 bridgehead atoms.